The van der Waals surface area contributed by atoms with Crippen LogP contribution in [0.2, 0.25) is 0 Å². The van der Waals surface area contributed by atoms with Crippen molar-refractivity contribution in [3.8, 4) is 0 Å². The Morgan fingerprint density at radius 2 is 1.64 bits per heavy atom. The van der Waals surface area contributed by atoms with Crippen molar-refractivity contribution in [2.75, 3.05) is 19.6 Å². The van der Waals surface area contributed by atoms with Gasteiger partial charge in [0, 0.05) is 31.5 Å². The molecule has 2 atom stereocenters. The fraction of sp³-hybridized carbons (Fsp3) is 0.895. The second-order valence-electron chi connectivity index (χ2n) is 8.05. The third-order valence-corrected chi connectivity index (χ3v) is 6.40. The molecule has 2 saturated carbocycles. The number of nitrogens with zero attached hydrogens (tertiary/aromatic N) is 1. The van der Waals surface area contributed by atoms with Crippen LogP contribution in [0.5, 0.6) is 0 Å². The highest BCUT2D eigenvalue weighted by molar-refractivity contribution is 5.85. The molecule has 3 rings (SSSR count). The number of carbonyl (C=O) groups is 2. The SMILES string of the molecule is Cl.NC[C@H]1CCC[C@H]1C(=O)N1CCC(NC(=O)CC2CCCC2)CC1. The van der Waals surface area contributed by atoms with Gasteiger partial charge in [0.25, 0.3) is 0 Å². The quantitative estimate of drug-likeness (QED) is 0.779. The van der Waals surface area contributed by atoms with Gasteiger partial charge in [-0.25, -0.2) is 0 Å². The Balaban J connectivity index is 0.00000225. The van der Waals surface area contributed by atoms with Gasteiger partial charge < -0.3 is 16.0 Å². The average Bonchev–Trinajstić information content (AvgIpc) is 3.25. The molecule has 0 aromatic heterocycles. The Morgan fingerprint density at radius 1 is 0.960 bits per heavy atom. The molecule has 3 aliphatic rings. The molecule has 0 spiro atoms. The lowest BCUT2D eigenvalue weighted by molar-refractivity contribution is -0.137. The largest absolute Gasteiger partial charge is 0.353 e. The molecular formula is C19H34ClN3O2. The van der Waals surface area contributed by atoms with Crippen molar-refractivity contribution in [1.82, 2.24) is 10.2 Å². The molecule has 1 heterocycles. The van der Waals surface area contributed by atoms with Crippen molar-refractivity contribution in [2.24, 2.45) is 23.5 Å². The van der Waals surface area contributed by atoms with Gasteiger partial charge in [0.05, 0.1) is 0 Å². The first kappa shape index (κ1) is 20.5. The summed E-state index contributed by atoms with van der Waals surface area (Å²) >= 11 is 0. The van der Waals surface area contributed by atoms with Crippen LogP contribution in [-0.4, -0.2) is 42.4 Å². The molecular weight excluding hydrogens is 338 g/mol. The smallest absolute Gasteiger partial charge is 0.226 e. The normalized spacial score (nSPS) is 28.0. The number of rotatable bonds is 5. The van der Waals surface area contributed by atoms with E-state index >= 15 is 0 Å². The second-order valence-corrected chi connectivity index (χ2v) is 8.05. The van der Waals surface area contributed by atoms with Crippen molar-refractivity contribution in [3.63, 3.8) is 0 Å². The zero-order valence-corrected chi connectivity index (χ0v) is 16.1. The van der Waals surface area contributed by atoms with E-state index < -0.39 is 0 Å². The lowest BCUT2D eigenvalue weighted by atomic mass is 9.93. The molecule has 2 aliphatic carbocycles. The zero-order chi connectivity index (χ0) is 16.9. The number of halogens is 1. The van der Waals surface area contributed by atoms with Gasteiger partial charge >= 0.3 is 0 Å². The summed E-state index contributed by atoms with van der Waals surface area (Å²) in [6.07, 6.45) is 10.7. The summed E-state index contributed by atoms with van der Waals surface area (Å²) in [6.45, 7) is 2.19. The Bertz CT molecular complexity index is 446. The van der Waals surface area contributed by atoms with E-state index in [0.717, 1.165) is 45.2 Å². The number of amides is 2. The number of piperidine rings is 1. The van der Waals surface area contributed by atoms with Crippen LogP contribution in [0, 0.1) is 17.8 Å². The topological polar surface area (TPSA) is 75.4 Å². The molecule has 5 nitrogen and oxygen atoms in total. The number of hydrogen-bond donors (Lipinski definition) is 2. The molecule has 2 amide bonds. The molecule has 6 heteroatoms. The molecule has 0 radical (unpaired) electrons. The van der Waals surface area contributed by atoms with E-state index in [4.69, 9.17) is 5.73 Å². The van der Waals surface area contributed by atoms with Crippen molar-refractivity contribution >= 4 is 24.2 Å². The summed E-state index contributed by atoms with van der Waals surface area (Å²) in [5, 5.41) is 3.20. The highest BCUT2D eigenvalue weighted by Gasteiger charge is 2.36. The Hall–Kier alpha value is -0.810. The maximum Gasteiger partial charge on any atom is 0.226 e. The molecule has 1 saturated heterocycles. The number of hydrogen-bond acceptors (Lipinski definition) is 3. The van der Waals surface area contributed by atoms with Gasteiger partial charge in [0.1, 0.15) is 0 Å². The summed E-state index contributed by atoms with van der Waals surface area (Å²) < 4.78 is 0. The molecule has 0 unspecified atom stereocenters. The van der Waals surface area contributed by atoms with Gasteiger partial charge in [-0.3, -0.25) is 9.59 Å². The average molecular weight is 372 g/mol. The van der Waals surface area contributed by atoms with Crippen molar-refractivity contribution < 1.29 is 9.59 Å². The minimum absolute atomic E-state index is 0. The standard InChI is InChI=1S/C19H33N3O2.ClH/c20-13-15-6-3-7-17(15)19(24)22-10-8-16(9-11-22)21-18(23)12-14-4-1-2-5-14;/h14-17H,1-13,20H2,(H,21,23);1H/t15-,17-;/m1./s1. The minimum Gasteiger partial charge on any atom is -0.353 e. The number of carbonyl (C=O) groups excluding carboxylic acids is 2. The van der Waals surface area contributed by atoms with Crippen LogP contribution >= 0.6 is 12.4 Å². The summed E-state index contributed by atoms with van der Waals surface area (Å²) in [4.78, 5) is 26.9. The maximum atomic E-state index is 12.7. The summed E-state index contributed by atoms with van der Waals surface area (Å²) in [5.41, 5.74) is 5.82. The van der Waals surface area contributed by atoms with E-state index in [1.807, 2.05) is 4.90 Å². The predicted octanol–water partition coefficient (Wildman–Crippen LogP) is 2.47. The zero-order valence-electron chi connectivity index (χ0n) is 15.3. The number of likely N-dealkylation sites (tertiary alicyclic amines) is 1. The van der Waals surface area contributed by atoms with Crippen LogP contribution < -0.4 is 11.1 Å². The molecule has 3 N–H and O–H groups in total. The van der Waals surface area contributed by atoms with E-state index in [1.54, 1.807) is 0 Å². The van der Waals surface area contributed by atoms with Gasteiger partial charge in [-0.05, 0) is 56.9 Å². The summed E-state index contributed by atoms with van der Waals surface area (Å²) in [6, 6.07) is 0.247. The third-order valence-electron chi connectivity index (χ3n) is 6.40. The van der Waals surface area contributed by atoms with Crippen LogP contribution in [0.1, 0.15) is 64.2 Å². The van der Waals surface area contributed by atoms with Gasteiger partial charge in [-0.1, -0.05) is 19.3 Å². The number of nitrogens with two attached hydrogens (primary N) is 1. The Kier molecular flexibility index (Phi) is 8.01. The fourth-order valence-electron chi connectivity index (χ4n) is 4.89. The van der Waals surface area contributed by atoms with Crippen molar-refractivity contribution in [3.05, 3.63) is 0 Å². The van der Waals surface area contributed by atoms with Gasteiger partial charge in [-0.15, -0.1) is 12.4 Å². The maximum absolute atomic E-state index is 12.7. The van der Waals surface area contributed by atoms with Crippen LogP contribution in [0.15, 0.2) is 0 Å². The molecule has 0 bridgehead atoms. The van der Waals surface area contributed by atoms with Gasteiger partial charge in [-0.2, -0.15) is 0 Å². The van der Waals surface area contributed by atoms with E-state index in [-0.39, 0.29) is 30.3 Å². The fourth-order valence-corrected chi connectivity index (χ4v) is 4.89. The van der Waals surface area contributed by atoms with Crippen molar-refractivity contribution in [1.29, 1.82) is 0 Å². The van der Waals surface area contributed by atoms with Crippen molar-refractivity contribution in [2.45, 2.75) is 70.3 Å². The first-order valence-electron chi connectivity index (χ1n) is 9.95. The first-order chi connectivity index (χ1) is 11.7. The lowest BCUT2D eigenvalue weighted by Crippen LogP contribution is -2.48. The first-order valence-corrected chi connectivity index (χ1v) is 9.95. The van der Waals surface area contributed by atoms with Gasteiger partial charge in [0.2, 0.25) is 11.8 Å². The van der Waals surface area contributed by atoms with E-state index in [1.165, 1.54) is 25.7 Å². The highest BCUT2D eigenvalue weighted by Crippen LogP contribution is 2.33. The molecule has 0 aromatic carbocycles. The molecule has 0 aromatic rings. The van der Waals surface area contributed by atoms with E-state index in [0.29, 0.717) is 30.7 Å². The van der Waals surface area contributed by atoms with Crippen LogP contribution in [-0.2, 0) is 9.59 Å². The molecule has 1 aliphatic heterocycles. The summed E-state index contributed by atoms with van der Waals surface area (Å²) in [7, 11) is 0. The van der Waals surface area contributed by atoms with Crippen LogP contribution in [0.3, 0.4) is 0 Å². The monoisotopic (exact) mass is 371 g/mol. The lowest BCUT2D eigenvalue weighted by Gasteiger charge is -2.35. The minimum atomic E-state index is 0. The summed E-state index contributed by atoms with van der Waals surface area (Å²) in [5.74, 6) is 1.64. The van der Waals surface area contributed by atoms with E-state index in [9.17, 15) is 9.59 Å². The molecule has 3 fully saturated rings. The highest BCUT2D eigenvalue weighted by atomic mass is 35.5. The predicted molar refractivity (Wildman–Crippen MR) is 101 cm³/mol. The Morgan fingerprint density at radius 3 is 2.28 bits per heavy atom. The van der Waals surface area contributed by atoms with Crippen LogP contribution in [0.25, 0.3) is 0 Å². The molecule has 144 valence electrons. The molecule has 25 heavy (non-hydrogen) atoms. The Labute approximate surface area is 157 Å². The van der Waals surface area contributed by atoms with Crippen LogP contribution in [0.4, 0.5) is 0 Å². The second kappa shape index (κ2) is 9.77. The third kappa shape index (κ3) is 5.33. The van der Waals surface area contributed by atoms with E-state index in [2.05, 4.69) is 5.32 Å². The number of nitrogens with one attached hydrogen (secondary N) is 1. The van der Waals surface area contributed by atoms with Gasteiger partial charge in [0.15, 0.2) is 0 Å².